The second-order valence-electron chi connectivity index (χ2n) is 14.3. The topological polar surface area (TPSA) is 312 Å². The lowest BCUT2D eigenvalue weighted by Gasteiger charge is -2.05. The fourth-order valence-electron chi connectivity index (χ4n) is 4.77. The molecule has 0 unspecified atom stereocenters. The van der Waals surface area contributed by atoms with Gasteiger partial charge in [-0.25, -0.2) is 38.9 Å². The molecule has 0 bridgehead atoms. The highest BCUT2D eigenvalue weighted by atomic mass is 16.5. The Morgan fingerprint density at radius 1 is 0.282 bits per heavy atom. The van der Waals surface area contributed by atoms with E-state index in [0.717, 1.165) is 0 Å². The lowest BCUT2D eigenvalue weighted by Crippen LogP contribution is -1.85. The third-order valence-corrected chi connectivity index (χ3v) is 8.05. The average molecular weight is 1420 g/mol. The number of rotatable bonds is 4. The number of aliphatic imine (C=N–C) groups is 5. The molecule has 0 spiro atoms. The van der Waals surface area contributed by atoms with Gasteiger partial charge in [0.15, 0.2) is 0 Å². The third-order valence-electron chi connectivity index (χ3n) is 8.05. The number of hydrogen-bond acceptors (Lipinski definition) is 20. The molecule has 103 heavy (non-hydrogen) atoms. The van der Waals surface area contributed by atoms with Gasteiger partial charge in [0.2, 0.25) is 30.4 Å². The number of fused-ring (bicyclic) bond motifs is 1. The summed E-state index contributed by atoms with van der Waals surface area (Å²) in [4.78, 5) is 61.6. The highest BCUT2D eigenvalue weighted by molar-refractivity contribution is 5.82. The van der Waals surface area contributed by atoms with Crippen molar-refractivity contribution >= 4 is 52.5 Å². The van der Waals surface area contributed by atoms with Crippen molar-refractivity contribution in [3.8, 4) is 42.8 Å². The van der Waals surface area contributed by atoms with Gasteiger partial charge in [0.1, 0.15) is 11.5 Å². The van der Waals surface area contributed by atoms with E-state index >= 15 is 0 Å². The van der Waals surface area contributed by atoms with E-state index < -0.39 is 0 Å². The molecule has 8 rings (SSSR count). The molecule has 20 heteroatoms. The number of para-hydroxylation sites is 4. The van der Waals surface area contributed by atoms with Crippen LogP contribution in [0, 0.1) is 57.6 Å². The van der Waals surface area contributed by atoms with E-state index in [9.17, 15) is 9.59 Å². The molecular formula is C83H126N10O10. The van der Waals surface area contributed by atoms with Gasteiger partial charge in [-0.2, -0.15) is 25.8 Å². The van der Waals surface area contributed by atoms with Crippen LogP contribution < -0.4 is 9.47 Å². The molecule has 7 aromatic rings. The van der Waals surface area contributed by atoms with Crippen molar-refractivity contribution in [2.45, 2.75) is 183 Å². The lowest BCUT2D eigenvalue weighted by molar-refractivity contribution is 0.362. The number of carbonyl (C=O) groups excluding carboxylic acids is 5. The summed E-state index contributed by atoms with van der Waals surface area (Å²) in [5.41, 5.74) is 1.29. The van der Waals surface area contributed by atoms with Gasteiger partial charge < -0.3 is 23.7 Å². The number of methoxy groups -OCH3 is 3. The van der Waals surface area contributed by atoms with Gasteiger partial charge in [-0.05, 0) is 59.3 Å². The van der Waals surface area contributed by atoms with E-state index in [1.165, 1.54) is 147 Å². The number of nitriles is 5. The van der Waals surface area contributed by atoms with Crippen LogP contribution in [0.15, 0.2) is 231 Å². The van der Waals surface area contributed by atoms with Crippen molar-refractivity contribution in [2.24, 2.45) is 25.0 Å². The first-order valence-electron chi connectivity index (χ1n) is 34.2. The van der Waals surface area contributed by atoms with E-state index in [0.29, 0.717) is 22.9 Å². The van der Waals surface area contributed by atoms with Crippen molar-refractivity contribution in [1.82, 2.24) is 0 Å². The van der Waals surface area contributed by atoms with E-state index in [-0.39, 0.29) is 0 Å². The van der Waals surface area contributed by atoms with Crippen LogP contribution >= 0.6 is 0 Å². The minimum atomic E-state index is 0.583. The third kappa shape index (κ3) is 151. The van der Waals surface area contributed by atoms with Crippen molar-refractivity contribution in [1.29, 1.82) is 26.3 Å². The molecule has 7 aromatic carbocycles. The van der Waals surface area contributed by atoms with Crippen molar-refractivity contribution < 1.29 is 47.7 Å². The highest BCUT2D eigenvalue weighted by Crippen LogP contribution is 2.15. The first-order chi connectivity index (χ1) is 50.6. The van der Waals surface area contributed by atoms with Crippen LogP contribution in [0.1, 0.15) is 183 Å². The number of benzene rings is 7. The molecule has 0 atom stereocenters. The monoisotopic (exact) mass is 1420 g/mol. The van der Waals surface area contributed by atoms with Crippen LogP contribution in [0.25, 0.3) is 10.8 Å². The van der Waals surface area contributed by atoms with Gasteiger partial charge in [-0.1, -0.05) is 341 Å². The Hall–Kier alpha value is -11.9. The Morgan fingerprint density at radius 3 is 0.563 bits per heavy atom. The zero-order chi connectivity index (χ0) is 82.6. The molecule has 0 aliphatic heterocycles. The maximum Gasteiger partial charge on any atom is 0.292 e. The fourth-order valence-corrected chi connectivity index (χ4v) is 4.77. The molecular weight excluding hydrogens is 1300 g/mol. The van der Waals surface area contributed by atoms with Crippen LogP contribution in [0.5, 0.6) is 11.5 Å². The van der Waals surface area contributed by atoms with Crippen LogP contribution in [-0.4, -0.2) is 72.9 Å². The van der Waals surface area contributed by atoms with Crippen molar-refractivity contribution in [3.05, 3.63) is 206 Å². The Bertz CT molecular complexity index is 2750. The van der Waals surface area contributed by atoms with E-state index in [4.69, 9.17) is 40.7 Å². The van der Waals surface area contributed by atoms with Crippen LogP contribution in [0.4, 0.5) is 11.4 Å². The molecule has 0 N–H and O–H groups in total. The maximum atomic E-state index is 9.68. The SMILES string of the molecule is C1CCCCC1.CC.CC.CC.CC.CC.CC.CC.CC.CC.CCC.CN=C=O.CN=C=O.CN=C=O.COC#N.COC#N.COC#N.N#COc1ccccc1.N#COc1ccccc1.O=C=Nc1ccccc1.O=C=Nc1ccccc1.c1ccc2ccccc2c1.c1ccccc1. The van der Waals surface area contributed by atoms with Crippen molar-refractivity contribution in [2.75, 3.05) is 42.5 Å². The molecule has 568 valence electrons. The first kappa shape index (κ1) is 128. The van der Waals surface area contributed by atoms with Gasteiger partial charge >= 0.3 is 0 Å². The quantitative estimate of drug-likeness (QED) is 0.0898. The molecule has 20 nitrogen and oxygen atoms in total. The highest BCUT2D eigenvalue weighted by Gasteiger charge is 1.95. The Morgan fingerprint density at radius 2 is 0.427 bits per heavy atom. The van der Waals surface area contributed by atoms with Gasteiger partial charge in [0, 0.05) is 21.1 Å². The largest absolute Gasteiger partial charge is 0.431 e. The average Bonchev–Trinajstić information content (AvgIpc) is 0.877. The first-order valence-corrected chi connectivity index (χ1v) is 34.2. The second kappa shape index (κ2) is 159. The summed E-state index contributed by atoms with van der Waals surface area (Å²) < 4.78 is 20.6. The maximum absolute atomic E-state index is 9.68. The summed E-state index contributed by atoms with van der Waals surface area (Å²) in [6.45, 7) is 40.2. The van der Waals surface area contributed by atoms with E-state index in [1.807, 2.05) is 234 Å². The molecule has 1 saturated carbocycles. The van der Waals surface area contributed by atoms with E-state index in [2.05, 4.69) is 111 Å². The zero-order valence-corrected chi connectivity index (χ0v) is 67.1. The van der Waals surface area contributed by atoms with Gasteiger partial charge in [0.25, 0.3) is 31.3 Å². The second-order valence-corrected chi connectivity index (χ2v) is 14.3. The van der Waals surface area contributed by atoms with Gasteiger partial charge in [-0.3, -0.25) is 0 Å². The predicted molar refractivity (Wildman–Crippen MR) is 430 cm³/mol. The molecule has 0 heterocycles. The smallest absolute Gasteiger partial charge is 0.292 e. The minimum Gasteiger partial charge on any atom is -0.431 e. The molecule has 0 radical (unpaired) electrons. The van der Waals surface area contributed by atoms with Gasteiger partial charge in [0.05, 0.1) is 32.7 Å². The molecule has 0 aromatic heterocycles. The standard InChI is InChI=1S/C10H8.4C7H5NO.C6H12.C6H6.C3H8.6C2H3NO.9C2H6/c1-2-6-10-8-4-3-7-9(10)5-1;2*8-6-9-7-4-2-1-3-5-7;2*9-6-8-7-4-2-1-3-5-7;2*1-2-4-6-5-3-1;1-3-2;3*1-4-2-3;3*1-3-2-4;9*1-2/h1-8H;4*1-5H;1-6H2;1-6H;3H2,1-2H3;6*1H3;9*1-2H3. The predicted octanol–water partition coefficient (Wildman–Crippen LogP) is 24.1. The molecule has 0 amide bonds. The summed E-state index contributed by atoms with van der Waals surface area (Å²) >= 11 is 0. The van der Waals surface area contributed by atoms with Crippen LogP contribution in [-0.2, 0) is 38.2 Å². The number of isocyanates is 5. The van der Waals surface area contributed by atoms with E-state index in [1.54, 1.807) is 61.0 Å². The number of hydrogen-bond donors (Lipinski definition) is 0. The fraction of sp³-hybridized carbons (Fsp3) is 0.398. The summed E-state index contributed by atoms with van der Waals surface area (Å²) in [5, 5.41) is 40.9. The van der Waals surface area contributed by atoms with Crippen LogP contribution in [0.3, 0.4) is 0 Å². The summed E-state index contributed by atoms with van der Waals surface area (Å²) in [5.74, 6) is 1.17. The Balaban J connectivity index is -0.0000000620. The minimum absolute atomic E-state index is 0.583. The Labute approximate surface area is 623 Å². The molecule has 1 fully saturated rings. The lowest BCUT2D eigenvalue weighted by atomic mass is 10.0. The molecule has 1 aliphatic carbocycles. The zero-order valence-electron chi connectivity index (χ0n) is 67.1. The Kier molecular flexibility index (Phi) is 197. The normalized spacial score (nSPS) is 7.27. The molecule has 0 saturated heterocycles. The van der Waals surface area contributed by atoms with Gasteiger partial charge in [-0.15, -0.1) is 10.5 Å². The molecule has 1 aliphatic rings. The van der Waals surface area contributed by atoms with Crippen LogP contribution in [0.2, 0.25) is 0 Å². The number of nitrogens with zero attached hydrogens (tertiary/aromatic N) is 10. The summed E-state index contributed by atoms with van der Waals surface area (Å²) in [6.07, 6.45) is 24.5. The summed E-state index contributed by atoms with van der Waals surface area (Å²) in [6, 6.07) is 64.6. The number of ether oxygens (including phenoxy) is 5. The van der Waals surface area contributed by atoms with Crippen molar-refractivity contribution in [3.63, 3.8) is 0 Å². The summed E-state index contributed by atoms with van der Waals surface area (Å²) in [7, 11) is 8.10.